The van der Waals surface area contributed by atoms with Crippen LogP contribution in [0.2, 0.25) is 0 Å². The third-order valence-corrected chi connectivity index (χ3v) is 13.0. The predicted molar refractivity (Wildman–Crippen MR) is 155 cm³/mol. The molecular formula is C33H37O2P. The van der Waals surface area contributed by atoms with Crippen molar-refractivity contribution in [1.82, 2.24) is 0 Å². The van der Waals surface area contributed by atoms with Gasteiger partial charge in [-0.3, -0.25) is 0 Å². The molecule has 0 unspecified atom stereocenters. The molecule has 3 heteroatoms. The molecule has 186 valence electrons. The Kier molecular flexibility index (Phi) is 8.73. The normalized spacial score (nSPS) is 12.4. The van der Waals surface area contributed by atoms with E-state index in [1.54, 1.807) is 0 Å². The molecule has 0 radical (unpaired) electrons. The number of rotatable bonds is 12. The van der Waals surface area contributed by atoms with E-state index in [-0.39, 0.29) is 5.97 Å². The molecule has 0 fully saturated rings. The second kappa shape index (κ2) is 12.2. The molecule has 0 aliphatic carbocycles. The molecule has 0 atom stereocenters. The number of hydrogen-bond acceptors (Lipinski definition) is 2. The molecule has 0 aromatic heterocycles. The number of carbonyl (C=O) groups excluding carboxylic acids is 1. The van der Waals surface area contributed by atoms with Crippen LogP contribution in [0.1, 0.15) is 55.8 Å². The zero-order chi connectivity index (χ0) is 25.1. The fraction of sp³-hybridized carbons (Fsp3) is 0.242. The fourth-order valence-corrected chi connectivity index (χ4v) is 11.1. The Balaban J connectivity index is 1.95. The zero-order valence-corrected chi connectivity index (χ0v) is 22.2. The topological polar surface area (TPSA) is 26.3 Å². The van der Waals surface area contributed by atoms with E-state index < -0.39 is 6.83 Å². The van der Waals surface area contributed by atoms with Crippen LogP contribution in [0.5, 0.6) is 0 Å². The van der Waals surface area contributed by atoms with Crippen molar-refractivity contribution >= 4 is 28.7 Å². The molecule has 0 aliphatic rings. The zero-order valence-electron chi connectivity index (χ0n) is 21.3. The minimum absolute atomic E-state index is 0.268. The van der Waals surface area contributed by atoms with E-state index in [9.17, 15) is 4.79 Å². The van der Waals surface area contributed by atoms with Gasteiger partial charge in [0, 0.05) is 0 Å². The van der Waals surface area contributed by atoms with Crippen LogP contribution < -0.4 is 15.9 Å². The van der Waals surface area contributed by atoms with Crippen molar-refractivity contribution in [2.45, 2.75) is 45.4 Å². The predicted octanol–water partition coefficient (Wildman–Crippen LogP) is 7.65. The summed E-state index contributed by atoms with van der Waals surface area (Å²) in [6, 6.07) is 40.9. The Morgan fingerprint density at radius 3 is 1.39 bits per heavy atom. The molecule has 0 spiro atoms. The van der Waals surface area contributed by atoms with Gasteiger partial charge in [-0.1, -0.05) is 0 Å². The number of benzene rings is 4. The van der Waals surface area contributed by atoms with Crippen LogP contribution >= 0.6 is 6.83 Å². The summed E-state index contributed by atoms with van der Waals surface area (Å²) in [4.78, 5) is 14.0. The molecule has 4 aromatic rings. The van der Waals surface area contributed by atoms with E-state index in [0.717, 1.165) is 34.9 Å². The van der Waals surface area contributed by atoms with Crippen molar-refractivity contribution < 1.29 is 9.32 Å². The Bertz CT molecular complexity index is 1110. The molecule has 0 saturated carbocycles. The standard InChI is InChI=1S/C33H37O2P/c1-2-3-4-5-6-19-28-36(30-22-13-8-14-23-30,31-24-15-9-16-25-31,32-26-17-10-18-27-32)35-33(34)29-20-11-7-12-21-29/h7-18,20-27H,2-6,19,28H2,1H3. The quantitative estimate of drug-likeness (QED) is 0.149. The van der Waals surface area contributed by atoms with Gasteiger partial charge < -0.3 is 0 Å². The first-order chi connectivity index (χ1) is 17.7. The van der Waals surface area contributed by atoms with Crippen LogP contribution in [-0.4, -0.2) is 12.1 Å². The van der Waals surface area contributed by atoms with Gasteiger partial charge in [0.15, 0.2) is 0 Å². The molecule has 0 N–H and O–H groups in total. The molecule has 0 bridgehead atoms. The maximum absolute atomic E-state index is 14.0. The number of hydrogen-bond donors (Lipinski definition) is 0. The monoisotopic (exact) mass is 496 g/mol. The van der Waals surface area contributed by atoms with Crippen LogP contribution in [0.25, 0.3) is 0 Å². The third kappa shape index (κ3) is 5.15. The fourth-order valence-electron chi connectivity index (χ4n) is 5.27. The van der Waals surface area contributed by atoms with Crippen LogP contribution in [0.3, 0.4) is 0 Å². The maximum atomic E-state index is 14.0. The van der Waals surface area contributed by atoms with Crippen molar-refractivity contribution in [3.05, 3.63) is 127 Å². The Morgan fingerprint density at radius 2 is 0.944 bits per heavy atom. The van der Waals surface area contributed by atoms with Crippen LogP contribution in [0, 0.1) is 0 Å². The first-order valence-electron chi connectivity index (χ1n) is 13.2. The molecule has 4 rings (SSSR count). The van der Waals surface area contributed by atoms with Gasteiger partial charge in [0.25, 0.3) is 0 Å². The molecule has 0 amide bonds. The summed E-state index contributed by atoms with van der Waals surface area (Å²) >= 11 is 0. The number of unbranched alkanes of at least 4 members (excludes halogenated alkanes) is 5. The molecule has 0 heterocycles. The van der Waals surface area contributed by atoms with Gasteiger partial charge in [-0.2, -0.15) is 0 Å². The average Bonchev–Trinajstić information content (AvgIpc) is 2.96. The van der Waals surface area contributed by atoms with Crippen molar-refractivity contribution in [2.75, 3.05) is 6.16 Å². The van der Waals surface area contributed by atoms with Crippen molar-refractivity contribution in [3.8, 4) is 0 Å². The second-order valence-corrected chi connectivity index (χ2v) is 14.1. The van der Waals surface area contributed by atoms with E-state index in [1.807, 2.05) is 48.5 Å². The first kappa shape index (κ1) is 25.9. The Labute approximate surface area is 216 Å². The van der Waals surface area contributed by atoms with E-state index in [0.29, 0.717) is 5.56 Å². The Hall–Kier alpha value is -3.22. The summed E-state index contributed by atoms with van der Waals surface area (Å²) in [5.41, 5.74) is 0.581. The average molecular weight is 497 g/mol. The van der Waals surface area contributed by atoms with Crippen molar-refractivity contribution in [3.63, 3.8) is 0 Å². The molecule has 4 aromatic carbocycles. The molecular weight excluding hydrogens is 459 g/mol. The summed E-state index contributed by atoms with van der Waals surface area (Å²) < 4.78 is 7.09. The molecule has 0 aliphatic heterocycles. The van der Waals surface area contributed by atoms with Gasteiger partial charge >= 0.3 is 217 Å². The molecule has 0 saturated heterocycles. The van der Waals surface area contributed by atoms with Crippen LogP contribution in [-0.2, 0) is 4.52 Å². The van der Waals surface area contributed by atoms with Gasteiger partial charge in [-0.25, -0.2) is 0 Å². The summed E-state index contributed by atoms with van der Waals surface area (Å²) in [6.07, 6.45) is 7.84. The van der Waals surface area contributed by atoms with Gasteiger partial charge in [-0.15, -0.1) is 0 Å². The molecule has 36 heavy (non-hydrogen) atoms. The SMILES string of the molecule is CCCCCCCCP(OC(=O)c1ccccc1)(c1ccccc1)(c1ccccc1)c1ccccc1. The van der Waals surface area contributed by atoms with E-state index >= 15 is 0 Å². The van der Waals surface area contributed by atoms with E-state index in [2.05, 4.69) is 79.7 Å². The Morgan fingerprint density at radius 1 is 0.556 bits per heavy atom. The van der Waals surface area contributed by atoms with E-state index in [4.69, 9.17) is 4.52 Å². The van der Waals surface area contributed by atoms with Gasteiger partial charge in [0.1, 0.15) is 0 Å². The summed E-state index contributed by atoms with van der Waals surface area (Å²) in [7, 11) is 0. The first-order valence-corrected chi connectivity index (χ1v) is 15.5. The second-order valence-electron chi connectivity index (χ2n) is 9.46. The summed E-state index contributed by atoms with van der Waals surface area (Å²) in [5, 5.41) is 3.29. The van der Waals surface area contributed by atoms with Crippen molar-refractivity contribution in [1.29, 1.82) is 0 Å². The minimum atomic E-state index is -3.66. The number of carbonyl (C=O) groups is 1. The van der Waals surface area contributed by atoms with Gasteiger partial charge in [0.2, 0.25) is 0 Å². The van der Waals surface area contributed by atoms with Crippen molar-refractivity contribution in [2.24, 2.45) is 0 Å². The molecule has 2 nitrogen and oxygen atoms in total. The third-order valence-electron chi connectivity index (χ3n) is 7.14. The van der Waals surface area contributed by atoms with Crippen LogP contribution in [0.4, 0.5) is 0 Å². The van der Waals surface area contributed by atoms with Crippen LogP contribution in [0.15, 0.2) is 121 Å². The van der Waals surface area contributed by atoms with Gasteiger partial charge in [0.05, 0.1) is 0 Å². The summed E-state index contributed by atoms with van der Waals surface area (Å²) in [5.74, 6) is -0.268. The van der Waals surface area contributed by atoms with Gasteiger partial charge in [-0.05, 0) is 0 Å². The summed E-state index contributed by atoms with van der Waals surface area (Å²) in [6.45, 7) is -1.42. The van der Waals surface area contributed by atoms with E-state index in [1.165, 1.54) is 25.7 Å².